The van der Waals surface area contributed by atoms with Crippen molar-refractivity contribution in [1.82, 2.24) is 19.5 Å². The number of carbonyl (C=O) groups excluding carboxylic acids is 2. The molecule has 10 heteroatoms. The maximum Gasteiger partial charge on any atom is 0.338 e. The molecule has 0 aliphatic carbocycles. The van der Waals surface area contributed by atoms with Crippen LogP contribution in [0, 0.1) is 13.8 Å². The minimum atomic E-state index is -0.669. The third-order valence-electron chi connectivity index (χ3n) is 6.26. The van der Waals surface area contributed by atoms with E-state index in [0.717, 1.165) is 16.8 Å². The molecule has 1 aliphatic heterocycles. The zero-order chi connectivity index (χ0) is 25.9. The van der Waals surface area contributed by atoms with Crippen molar-refractivity contribution >= 4 is 45.7 Å². The van der Waals surface area contributed by atoms with Crippen molar-refractivity contribution in [1.29, 1.82) is 0 Å². The molecule has 1 fully saturated rings. The molecule has 4 aromatic rings. The summed E-state index contributed by atoms with van der Waals surface area (Å²) in [5.41, 5.74) is 5.13. The summed E-state index contributed by atoms with van der Waals surface area (Å²) in [5.74, 6) is -0.933. The molecule has 2 aromatic carbocycles. The van der Waals surface area contributed by atoms with E-state index in [1.54, 1.807) is 35.2 Å². The Bertz CT molecular complexity index is 1420. The van der Waals surface area contributed by atoms with Crippen LogP contribution in [0.1, 0.15) is 50.2 Å². The van der Waals surface area contributed by atoms with Crippen LogP contribution in [0.2, 0.25) is 0 Å². The van der Waals surface area contributed by atoms with Crippen molar-refractivity contribution in [3.63, 3.8) is 0 Å². The minimum Gasteiger partial charge on any atom is -0.459 e. The Morgan fingerprint density at radius 1 is 0.973 bits per heavy atom. The molecule has 0 amide bonds. The van der Waals surface area contributed by atoms with E-state index in [1.165, 1.54) is 6.33 Å². The topological polar surface area (TPSA) is 105 Å². The van der Waals surface area contributed by atoms with Gasteiger partial charge in [-0.05, 0) is 38.1 Å². The summed E-state index contributed by atoms with van der Waals surface area (Å²) in [6.45, 7) is 3.82. The highest BCUT2D eigenvalue weighted by Crippen LogP contribution is 2.34. The largest absolute Gasteiger partial charge is 0.459 e. The number of alkyl halides is 1. The fourth-order valence-electron chi connectivity index (χ4n) is 4.18. The van der Waals surface area contributed by atoms with Crippen molar-refractivity contribution in [2.24, 2.45) is 0 Å². The minimum absolute atomic E-state index is 0.0737. The molecule has 1 aliphatic rings. The normalized spacial score (nSPS) is 19.2. The molecule has 0 saturated carbocycles. The van der Waals surface area contributed by atoms with Gasteiger partial charge in [-0.15, -0.1) is 0 Å². The molecule has 3 heterocycles. The van der Waals surface area contributed by atoms with Gasteiger partial charge in [0.15, 0.2) is 5.65 Å². The molecule has 0 bridgehead atoms. The van der Waals surface area contributed by atoms with Crippen LogP contribution in [0.3, 0.4) is 0 Å². The Kier molecular flexibility index (Phi) is 7.47. The second-order valence-corrected chi connectivity index (χ2v) is 9.68. The predicted molar refractivity (Wildman–Crippen MR) is 143 cm³/mol. The average Bonchev–Trinajstić information content (AvgIpc) is 3.52. The first-order valence-corrected chi connectivity index (χ1v) is 13.3. The van der Waals surface area contributed by atoms with E-state index in [0.29, 0.717) is 33.1 Å². The molecule has 2 aromatic heterocycles. The Hall–Kier alpha value is -3.38. The van der Waals surface area contributed by atoms with Gasteiger partial charge in [0, 0.05) is 10.8 Å². The highest BCUT2D eigenvalue weighted by molar-refractivity contribution is 14.1. The molecule has 0 unspecified atom stereocenters. The molecule has 190 valence electrons. The summed E-state index contributed by atoms with van der Waals surface area (Å²) < 4.78 is 20.2. The van der Waals surface area contributed by atoms with Crippen LogP contribution >= 0.6 is 22.6 Å². The summed E-state index contributed by atoms with van der Waals surface area (Å²) in [7, 11) is 0. The summed E-state index contributed by atoms with van der Waals surface area (Å²) in [6, 6.07) is 14.3. The predicted octanol–water partition coefficient (Wildman–Crippen LogP) is 4.75. The lowest BCUT2D eigenvalue weighted by Crippen LogP contribution is -2.32. The number of rotatable bonds is 7. The summed E-state index contributed by atoms with van der Waals surface area (Å²) in [4.78, 5) is 38.7. The number of nitrogens with zero attached hydrogens (tertiary/aromatic N) is 4. The quantitative estimate of drug-likeness (QED) is 0.167. The van der Waals surface area contributed by atoms with Crippen molar-refractivity contribution in [2.45, 2.75) is 43.1 Å². The number of hydrogen-bond acceptors (Lipinski definition) is 8. The Morgan fingerprint density at radius 2 is 1.62 bits per heavy atom. The van der Waals surface area contributed by atoms with Gasteiger partial charge < -0.3 is 14.2 Å². The van der Waals surface area contributed by atoms with E-state index in [2.05, 4.69) is 37.5 Å². The van der Waals surface area contributed by atoms with Gasteiger partial charge in [-0.2, -0.15) is 0 Å². The van der Waals surface area contributed by atoms with E-state index in [4.69, 9.17) is 14.2 Å². The zero-order valence-electron chi connectivity index (χ0n) is 20.3. The number of aryl methyl sites for hydroxylation is 2. The van der Waals surface area contributed by atoms with Crippen molar-refractivity contribution in [2.75, 3.05) is 6.61 Å². The van der Waals surface area contributed by atoms with Gasteiger partial charge in [0.25, 0.3) is 0 Å². The fraction of sp³-hybridized carbons (Fsp3) is 0.296. The Balaban J connectivity index is 1.36. The molecule has 0 spiro atoms. The maximum absolute atomic E-state index is 12.9. The van der Waals surface area contributed by atoms with Crippen LogP contribution < -0.4 is 0 Å². The first-order chi connectivity index (χ1) is 17.9. The van der Waals surface area contributed by atoms with Gasteiger partial charge in [-0.1, -0.05) is 58.0 Å². The highest BCUT2D eigenvalue weighted by atomic mass is 127. The number of hydrogen-bond donors (Lipinski definition) is 0. The Morgan fingerprint density at radius 3 is 2.27 bits per heavy atom. The number of benzene rings is 2. The van der Waals surface area contributed by atoms with Crippen molar-refractivity contribution < 1.29 is 23.8 Å². The number of aromatic nitrogens is 4. The zero-order valence-corrected chi connectivity index (χ0v) is 22.5. The van der Waals surface area contributed by atoms with Gasteiger partial charge in [-0.3, -0.25) is 4.57 Å². The molecule has 37 heavy (non-hydrogen) atoms. The van der Waals surface area contributed by atoms with E-state index >= 15 is 0 Å². The number of ether oxygens (including phenoxy) is 3. The number of carbonyl (C=O) groups is 2. The van der Waals surface area contributed by atoms with Crippen LogP contribution in [0.25, 0.3) is 11.2 Å². The molecule has 9 nitrogen and oxygen atoms in total. The van der Waals surface area contributed by atoms with E-state index < -0.39 is 30.4 Å². The van der Waals surface area contributed by atoms with Crippen molar-refractivity contribution in [3.05, 3.63) is 89.1 Å². The Labute approximate surface area is 227 Å². The SMILES string of the molecule is Cc1ccc(C(=O)OC[C@H]2O[C@@H](n3cnc4c(CI)ncnc43)C[C@@H]2OC(=O)c2ccc(C)cc2)cc1. The molecule has 0 radical (unpaired) electrons. The van der Waals surface area contributed by atoms with Crippen LogP contribution in [0.15, 0.2) is 61.2 Å². The summed E-state index contributed by atoms with van der Waals surface area (Å²) >= 11 is 2.23. The monoisotopic (exact) mass is 612 g/mol. The second kappa shape index (κ2) is 10.9. The van der Waals surface area contributed by atoms with Gasteiger partial charge >= 0.3 is 11.9 Å². The van der Waals surface area contributed by atoms with Crippen LogP contribution in [0.5, 0.6) is 0 Å². The molecular formula is C27H25IN4O5. The first-order valence-electron chi connectivity index (χ1n) is 11.8. The number of fused-ring (bicyclic) bond motifs is 1. The molecule has 0 N–H and O–H groups in total. The summed E-state index contributed by atoms with van der Waals surface area (Å²) in [5, 5.41) is 0. The fourth-order valence-corrected chi connectivity index (χ4v) is 4.74. The maximum atomic E-state index is 12.9. The van der Waals surface area contributed by atoms with Gasteiger partial charge in [0.2, 0.25) is 0 Å². The molecule has 5 rings (SSSR count). The third kappa shape index (κ3) is 5.49. The number of esters is 2. The van der Waals surface area contributed by atoms with Crippen molar-refractivity contribution in [3.8, 4) is 0 Å². The number of halogens is 1. The van der Waals surface area contributed by atoms with Gasteiger partial charge in [0.1, 0.15) is 36.9 Å². The average molecular weight is 612 g/mol. The van der Waals surface area contributed by atoms with Gasteiger partial charge in [0.05, 0.1) is 23.1 Å². The van der Waals surface area contributed by atoms with Crippen LogP contribution in [-0.4, -0.2) is 50.3 Å². The van der Waals surface area contributed by atoms with E-state index in [1.807, 2.05) is 38.1 Å². The molecule has 1 saturated heterocycles. The lowest BCUT2D eigenvalue weighted by molar-refractivity contribution is -0.0563. The van der Waals surface area contributed by atoms with Crippen LogP contribution in [-0.2, 0) is 18.6 Å². The van der Waals surface area contributed by atoms with Gasteiger partial charge in [-0.25, -0.2) is 24.5 Å². The lowest BCUT2D eigenvalue weighted by atomic mass is 10.1. The highest BCUT2D eigenvalue weighted by Gasteiger charge is 2.40. The molecular weight excluding hydrogens is 587 g/mol. The van der Waals surface area contributed by atoms with E-state index in [9.17, 15) is 9.59 Å². The standard InChI is InChI=1S/C27H25IN4O5/c1-16-3-7-18(8-4-16)26(33)35-13-22-21(37-27(34)19-9-5-17(2)6-10-19)11-23(36-22)32-15-31-24-20(12-28)29-14-30-25(24)32/h3-10,14-15,21-23H,11-13H2,1-2H3/t21-,22+,23+/m0/s1. The first kappa shape index (κ1) is 25.3. The number of imidazole rings is 1. The van der Waals surface area contributed by atoms with E-state index in [-0.39, 0.29) is 6.61 Å². The smallest absolute Gasteiger partial charge is 0.338 e. The molecule has 3 atom stereocenters. The summed E-state index contributed by atoms with van der Waals surface area (Å²) in [6.07, 6.45) is 1.67. The lowest BCUT2D eigenvalue weighted by Gasteiger charge is -2.19. The van der Waals surface area contributed by atoms with Crippen LogP contribution in [0.4, 0.5) is 0 Å². The third-order valence-corrected chi connectivity index (χ3v) is 6.99. The second-order valence-electron chi connectivity index (χ2n) is 8.92.